The van der Waals surface area contributed by atoms with Crippen LogP contribution in [0.25, 0.3) is 0 Å². The van der Waals surface area contributed by atoms with Crippen molar-refractivity contribution in [3.05, 3.63) is 71.5 Å². The third-order valence-corrected chi connectivity index (χ3v) is 4.06. The van der Waals surface area contributed by atoms with E-state index < -0.39 is 0 Å². The first-order valence-corrected chi connectivity index (χ1v) is 8.48. The molecule has 1 heterocycles. The molecule has 0 aliphatic carbocycles. The summed E-state index contributed by atoms with van der Waals surface area (Å²) in [5.41, 5.74) is 2.49. The van der Waals surface area contributed by atoms with E-state index in [4.69, 9.17) is 21.1 Å². The van der Waals surface area contributed by atoms with E-state index in [1.807, 2.05) is 24.3 Å². The van der Waals surface area contributed by atoms with Crippen molar-refractivity contribution in [2.24, 2.45) is 0 Å². The Balaban J connectivity index is 1.74. The second kappa shape index (κ2) is 8.42. The number of pyridine rings is 1. The molecule has 2 aromatic carbocycles. The van der Waals surface area contributed by atoms with Crippen molar-refractivity contribution in [1.29, 1.82) is 0 Å². The van der Waals surface area contributed by atoms with E-state index >= 15 is 0 Å². The molecule has 0 unspecified atom stereocenters. The van der Waals surface area contributed by atoms with Gasteiger partial charge in [0.1, 0.15) is 11.5 Å². The molecule has 3 rings (SSSR count). The van der Waals surface area contributed by atoms with Crippen molar-refractivity contribution in [2.75, 3.05) is 24.9 Å². The standard InChI is InChI=1S/C20H18ClN3O3/c1-26-17-5-3-4-14(9-17)23-16-8-13(11-22-12-16)20(25)24-15-6-7-19(27-2)18(21)10-15/h3-12,23H,1-2H3,(H,24,25). The summed E-state index contributed by atoms with van der Waals surface area (Å²) >= 11 is 6.09. The molecule has 0 fully saturated rings. The minimum absolute atomic E-state index is 0.293. The number of nitrogens with zero attached hydrogens (tertiary/aromatic N) is 1. The van der Waals surface area contributed by atoms with Crippen LogP contribution in [0.4, 0.5) is 17.1 Å². The number of hydrogen-bond acceptors (Lipinski definition) is 5. The van der Waals surface area contributed by atoms with Crippen LogP contribution in [-0.2, 0) is 0 Å². The van der Waals surface area contributed by atoms with E-state index in [0.29, 0.717) is 27.7 Å². The summed E-state index contributed by atoms with van der Waals surface area (Å²) in [6, 6.07) is 14.2. The van der Waals surface area contributed by atoms with E-state index in [1.165, 1.54) is 13.3 Å². The molecule has 3 aromatic rings. The molecule has 27 heavy (non-hydrogen) atoms. The Labute approximate surface area is 162 Å². The molecule has 0 aliphatic heterocycles. The fourth-order valence-electron chi connectivity index (χ4n) is 2.45. The number of carbonyl (C=O) groups is 1. The van der Waals surface area contributed by atoms with Gasteiger partial charge in [-0.3, -0.25) is 9.78 Å². The Morgan fingerprint density at radius 2 is 1.81 bits per heavy atom. The lowest BCUT2D eigenvalue weighted by Crippen LogP contribution is -2.12. The number of aromatic nitrogens is 1. The summed E-state index contributed by atoms with van der Waals surface area (Å²) in [6.07, 6.45) is 3.14. The van der Waals surface area contributed by atoms with Gasteiger partial charge in [-0.25, -0.2) is 0 Å². The number of amides is 1. The molecular formula is C20H18ClN3O3. The monoisotopic (exact) mass is 383 g/mol. The van der Waals surface area contributed by atoms with Crippen LogP contribution in [0.5, 0.6) is 11.5 Å². The molecule has 0 spiro atoms. The molecule has 0 radical (unpaired) electrons. The lowest BCUT2D eigenvalue weighted by atomic mass is 10.2. The number of halogens is 1. The van der Waals surface area contributed by atoms with Gasteiger partial charge in [0.25, 0.3) is 5.91 Å². The van der Waals surface area contributed by atoms with Crippen molar-refractivity contribution in [3.63, 3.8) is 0 Å². The normalized spacial score (nSPS) is 10.2. The molecule has 138 valence electrons. The van der Waals surface area contributed by atoms with Gasteiger partial charge in [0, 0.05) is 23.6 Å². The summed E-state index contributed by atoms with van der Waals surface area (Å²) < 4.78 is 10.3. The molecule has 1 amide bonds. The number of rotatable bonds is 6. The SMILES string of the molecule is COc1cccc(Nc2cncc(C(=O)Nc3ccc(OC)c(Cl)c3)c2)c1. The Morgan fingerprint density at radius 3 is 2.56 bits per heavy atom. The topological polar surface area (TPSA) is 72.5 Å². The van der Waals surface area contributed by atoms with Gasteiger partial charge in [-0.05, 0) is 36.4 Å². The first-order valence-electron chi connectivity index (χ1n) is 8.10. The van der Waals surface area contributed by atoms with Crippen LogP contribution >= 0.6 is 11.6 Å². The second-order valence-corrected chi connectivity index (χ2v) is 6.03. The van der Waals surface area contributed by atoms with Crippen molar-refractivity contribution < 1.29 is 14.3 Å². The Kier molecular flexibility index (Phi) is 5.78. The smallest absolute Gasteiger partial charge is 0.257 e. The van der Waals surface area contributed by atoms with E-state index in [0.717, 1.165) is 11.4 Å². The molecule has 0 atom stereocenters. The van der Waals surface area contributed by atoms with Crippen LogP contribution in [0.1, 0.15) is 10.4 Å². The second-order valence-electron chi connectivity index (χ2n) is 5.62. The highest BCUT2D eigenvalue weighted by atomic mass is 35.5. The summed E-state index contributed by atoms with van der Waals surface area (Å²) in [5, 5.41) is 6.41. The minimum Gasteiger partial charge on any atom is -0.497 e. The van der Waals surface area contributed by atoms with Crippen LogP contribution in [0, 0.1) is 0 Å². The first-order chi connectivity index (χ1) is 13.1. The zero-order chi connectivity index (χ0) is 19.2. The average Bonchev–Trinajstić information content (AvgIpc) is 2.68. The Bertz CT molecular complexity index is 963. The van der Waals surface area contributed by atoms with Crippen molar-refractivity contribution in [1.82, 2.24) is 4.98 Å². The van der Waals surface area contributed by atoms with E-state index in [1.54, 1.807) is 37.6 Å². The molecule has 0 aliphatic rings. The molecular weight excluding hydrogens is 366 g/mol. The predicted molar refractivity (Wildman–Crippen MR) is 106 cm³/mol. The highest BCUT2D eigenvalue weighted by molar-refractivity contribution is 6.32. The molecule has 0 saturated heterocycles. The zero-order valence-corrected chi connectivity index (χ0v) is 15.6. The lowest BCUT2D eigenvalue weighted by Gasteiger charge is -2.10. The first kappa shape index (κ1) is 18.5. The highest BCUT2D eigenvalue weighted by Crippen LogP contribution is 2.27. The minimum atomic E-state index is -0.293. The third-order valence-electron chi connectivity index (χ3n) is 3.77. The van der Waals surface area contributed by atoms with Crippen LogP contribution < -0.4 is 20.1 Å². The maximum absolute atomic E-state index is 12.5. The summed E-state index contributed by atoms with van der Waals surface area (Å²) in [5.74, 6) is 0.983. The molecule has 0 saturated carbocycles. The van der Waals surface area contributed by atoms with Crippen molar-refractivity contribution in [2.45, 2.75) is 0 Å². The van der Waals surface area contributed by atoms with E-state index in [9.17, 15) is 4.79 Å². The van der Waals surface area contributed by atoms with Gasteiger partial charge >= 0.3 is 0 Å². The maximum Gasteiger partial charge on any atom is 0.257 e. The van der Waals surface area contributed by atoms with Gasteiger partial charge in [-0.15, -0.1) is 0 Å². The Hall–Kier alpha value is -3.25. The number of nitrogens with one attached hydrogen (secondary N) is 2. The van der Waals surface area contributed by atoms with Gasteiger partial charge < -0.3 is 20.1 Å². The molecule has 0 bridgehead atoms. The van der Waals surface area contributed by atoms with Crippen LogP contribution in [-0.4, -0.2) is 25.1 Å². The number of ether oxygens (including phenoxy) is 2. The third kappa shape index (κ3) is 4.68. The average molecular weight is 384 g/mol. The highest BCUT2D eigenvalue weighted by Gasteiger charge is 2.10. The summed E-state index contributed by atoms with van der Waals surface area (Å²) in [6.45, 7) is 0. The van der Waals surface area contributed by atoms with Crippen LogP contribution in [0.3, 0.4) is 0 Å². The number of methoxy groups -OCH3 is 2. The van der Waals surface area contributed by atoms with E-state index in [2.05, 4.69) is 15.6 Å². The van der Waals surface area contributed by atoms with Gasteiger partial charge in [-0.1, -0.05) is 17.7 Å². The van der Waals surface area contributed by atoms with Crippen LogP contribution in [0.2, 0.25) is 5.02 Å². The maximum atomic E-state index is 12.5. The van der Waals surface area contributed by atoms with Gasteiger partial charge in [-0.2, -0.15) is 0 Å². The van der Waals surface area contributed by atoms with Crippen molar-refractivity contribution >= 4 is 34.6 Å². The summed E-state index contributed by atoms with van der Waals surface area (Å²) in [7, 11) is 3.14. The number of anilines is 3. The van der Waals surface area contributed by atoms with Crippen molar-refractivity contribution in [3.8, 4) is 11.5 Å². The van der Waals surface area contributed by atoms with Crippen LogP contribution in [0.15, 0.2) is 60.9 Å². The fourth-order valence-corrected chi connectivity index (χ4v) is 2.71. The molecule has 1 aromatic heterocycles. The predicted octanol–water partition coefficient (Wildman–Crippen LogP) is 4.75. The Morgan fingerprint density at radius 1 is 0.963 bits per heavy atom. The van der Waals surface area contributed by atoms with Gasteiger partial charge in [0.15, 0.2) is 0 Å². The molecule has 7 heteroatoms. The van der Waals surface area contributed by atoms with Gasteiger partial charge in [0.2, 0.25) is 0 Å². The zero-order valence-electron chi connectivity index (χ0n) is 14.8. The summed E-state index contributed by atoms with van der Waals surface area (Å²) in [4.78, 5) is 16.6. The molecule has 2 N–H and O–H groups in total. The quantitative estimate of drug-likeness (QED) is 0.642. The largest absolute Gasteiger partial charge is 0.497 e. The molecule has 6 nitrogen and oxygen atoms in total. The number of carbonyl (C=O) groups excluding carboxylic acids is 1. The van der Waals surface area contributed by atoms with E-state index in [-0.39, 0.29) is 5.91 Å². The number of hydrogen-bond donors (Lipinski definition) is 2. The fraction of sp³-hybridized carbons (Fsp3) is 0.100. The lowest BCUT2D eigenvalue weighted by molar-refractivity contribution is 0.102. The van der Waals surface area contributed by atoms with Gasteiger partial charge in [0.05, 0.1) is 36.7 Å². The number of benzene rings is 2.